The SMILES string of the molecule is CCOc1ccc(-c2nnc(S[C@@H](C)c3nc(-c4cccc(C(F)(F)F)c4)no3)n2N)cc1. The highest BCUT2D eigenvalue weighted by Crippen LogP contribution is 2.35. The summed E-state index contributed by atoms with van der Waals surface area (Å²) in [6.45, 7) is 4.26. The molecule has 0 unspecified atom stereocenters. The van der Waals surface area contributed by atoms with Gasteiger partial charge in [-0.15, -0.1) is 10.2 Å². The summed E-state index contributed by atoms with van der Waals surface area (Å²) in [5, 5.41) is 12.1. The molecule has 0 aliphatic carbocycles. The summed E-state index contributed by atoms with van der Waals surface area (Å²) >= 11 is 1.23. The van der Waals surface area contributed by atoms with E-state index in [0.717, 1.165) is 23.4 Å². The molecule has 2 aromatic heterocycles. The minimum Gasteiger partial charge on any atom is -0.494 e. The van der Waals surface area contributed by atoms with Gasteiger partial charge in [-0.25, -0.2) is 4.68 Å². The lowest BCUT2D eigenvalue weighted by molar-refractivity contribution is -0.137. The van der Waals surface area contributed by atoms with E-state index in [0.29, 0.717) is 17.6 Å². The third-order valence-corrected chi connectivity index (χ3v) is 5.65. The smallest absolute Gasteiger partial charge is 0.416 e. The third kappa shape index (κ3) is 4.95. The molecule has 0 radical (unpaired) electrons. The predicted octanol–water partition coefficient (Wildman–Crippen LogP) is 4.98. The van der Waals surface area contributed by atoms with Crippen LogP contribution in [0.3, 0.4) is 0 Å². The van der Waals surface area contributed by atoms with E-state index in [1.807, 2.05) is 31.2 Å². The zero-order valence-electron chi connectivity index (χ0n) is 17.6. The van der Waals surface area contributed by atoms with Crippen molar-refractivity contribution >= 4 is 11.8 Å². The molecule has 2 heterocycles. The lowest BCUT2D eigenvalue weighted by atomic mass is 10.1. The summed E-state index contributed by atoms with van der Waals surface area (Å²) in [6, 6.07) is 12.0. The first kappa shape index (κ1) is 22.6. The number of nitrogen functional groups attached to an aromatic ring is 1. The molecule has 0 fully saturated rings. The number of nitrogens with zero attached hydrogens (tertiary/aromatic N) is 5. The highest BCUT2D eigenvalue weighted by molar-refractivity contribution is 7.99. The van der Waals surface area contributed by atoms with Gasteiger partial charge in [-0.1, -0.05) is 29.1 Å². The van der Waals surface area contributed by atoms with E-state index >= 15 is 0 Å². The maximum absolute atomic E-state index is 13.0. The molecule has 2 N–H and O–H groups in total. The fourth-order valence-electron chi connectivity index (χ4n) is 2.98. The molecule has 0 saturated heterocycles. The lowest BCUT2D eigenvalue weighted by Crippen LogP contribution is -2.12. The molecule has 0 amide bonds. The van der Waals surface area contributed by atoms with Crippen LogP contribution in [0, 0.1) is 0 Å². The van der Waals surface area contributed by atoms with Gasteiger partial charge < -0.3 is 15.1 Å². The summed E-state index contributed by atoms with van der Waals surface area (Å²) < 4.78 is 51.0. The fourth-order valence-corrected chi connectivity index (χ4v) is 3.78. The van der Waals surface area contributed by atoms with Crippen LogP contribution < -0.4 is 10.6 Å². The number of halogens is 3. The molecular formula is C21H19F3N6O2S. The summed E-state index contributed by atoms with van der Waals surface area (Å²) in [5.74, 6) is 7.66. The zero-order chi connectivity index (χ0) is 23.6. The van der Waals surface area contributed by atoms with Crippen molar-refractivity contribution in [2.24, 2.45) is 0 Å². The molecule has 0 bridgehead atoms. The Bertz CT molecular complexity index is 1240. The van der Waals surface area contributed by atoms with E-state index < -0.39 is 11.7 Å². The van der Waals surface area contributed by atoms with Crippen LogP contribution in [0.25, 0.3) is 22.8 Å². The Morgan fingerprint density at radius 1 is 1.12 bits per heavy atom. The first-order chi connectivity index (χ1) is 15.8. The van der Waals surface area contributed by atoms with Crippen molar-refractivity contribution in [1.29, 1.82) is 0 Å². The monoisotopic (exact) mass is 476 g/mol. The number of alkyl halides is 3. The van der Waals surface area contributed by atoms with Gasteiger partial charge in [0.2, 0.25) is 16.9 Å². The molecule has 1 atom stereocenters. The molecule has 4 aromatic rings. The molecule has 2 aromatic carbocycles. The Hall–Kier alpha value is -3.54. The van der Waals surface area contributed by atoms with Crippen molar-refractivity contribution in [3.05, 3.63) is 60.0 Å². The quantitative estimate of drug-likeness (QED) is 0.294. The van der Waals surface area contributed by atoms with E-state index in [1.54, 1.807) is 6.92 Å². The normalized spacial score (nSPS) is 12.6. The van der Waals surface area contributed by atoms with Crippen molar-refractivity contribution in [2.75, 3.05) is 12.4 Å². The van der Waals surface area contributed by atoms with Crippen LogP contribution in [0.4, 0.5) is 13.2 Å². The van der Waals surface area contributed by atoms with Crippen molar-refractivity contribution in [1.82, 2.24) is 25.0 Å². The van der Waals surface area contributed by atoms with E-state index in [1.165, 1.54) is 28.6 Å². The van der Waals surface area contributed by atoms with Crippen LogP contribution in [0.2, 0.25) is 0 Å². The van der Waals surface area contributed by atoms with Crippen LogP contribution in [0.1, 0.15) is 30.6 Å². The number of thioether (sulfide) groups is 1. The summed E-state index contributed by atoms with van der Waals surface area (Å²) in [7, 11) is 0. The van der Waals surface area contributed by atoms with Gasteiger partial charge in [-0.2, -0.15) is 18.2 Å². The van der Waals surface area contributed by atoms with Crippen LogP contribution in [0.5, 0.6) is 5.75 Å². The number of rotatable bonds is 7. The molecule has 4 rings (SSSR count). The zero-order valence-corrected chi connectivity index (χ0v) is 18.4. The highest BCUT2D eigenvalue weighted by Gasteiger charge is 2.31. The summed E-state index contributed by atoms with van der Waals surface area (Å²) in [6.07, 6.45) is -4.46. The molecule has 8 nitrogen and oxygen atoms in total. The van der Waals surface area contributed by atoms with Crippen molar-refractivity contribution in [3.63, 3.8) is 0 Å². The van der Waals surface area contributed by atoms with Crippen molar-refractivity contribution in [3.8, 4) is 28.5 Å². The number of nitrogens with two attached hydrogens (primary N) is 1. The van der Waals surface area contributed by atoms with Crippen LogP contribution >= 0.6 is 11.8 Å². The van der Waals surface area contributed by atoms with E-state index in [2.05, 4.69) is 20.3 Å². The Kier molecular flexibility index (Phi) is 6.27. The molecule has 0 spiro atoms. The summed E-state index contributed by atoms with van der Waals surface area (Å²) in [5.41, 5.74) is 0.182. The minimum atomic E-state index is -4.46. The predicted molar refractivity (Wildman–Crippen MR) is 116 cm³/mol. The van der Waals surface area contributed by atoms with Gasteiger partial charge in [0.15, 0.2) is 5.82 Å². The molecule has 0 aliphatic rings. The Morgan fingerprint density at radius 2 is 1.88 bits per heavy atom. The van der Waals surface area contributed by atoms with E-state index in [9.17, 15) is 13.2 Å². The fraction of sp³-hybridized carbons (Fsp3) is 0.238. The van der Waals surface area contributed by atoms with Gasteiger partial charge in [-0.05, 0) is 50.2 Å². The van der Waals surface area contributed by atoms with Gasteiger partial charge in [0.05, 0.1) is 17.4 Å². The van der Waals surface area contributed by atoms with Gasteiger partial charge in [0.1, 0.15) is 5.75 Å². The second kappa shape index (κ2) is 9.14. The molecule has 33 heavy (non-hydrogen) atoms. The van der Waals surface area contributed by atoms with Gasteiger partial charge in [0, 0.05) is 11.1 Å². The van der Waals surface area contributed by atoms with Gasteiger partial charge in [0.25, 0.3) is 0 Å². The van der Waals surface area contributed by atoms with Crippen molar-refractivity contribution in [2.45, 2.75) is 30.4 Å². The Balaban J connectivity index is 1.50. The largest absolute Gasteiger partial charge is 0.494 e. The maximum atomic E-state index is 13.0. The standard InChI is InChI=1S/C21H19F3N6O2S/c1-3-31-16-9-7-13(8-10-16)18-27-28-20(30(18)25)33-12(2)19-26-17(29-32-19)14-5-4-6-15(11-14)21(22,23)24/h4-12H,3,25H2,1-2H3/t12-/m0/s1. The second-order valence-electron chi connectivity index (χ2n) is 6.93. The number of hydrogen-bond donors (Lipinski definition) is 1. The molecule has 12 heteroatoms. The first-order valence-electron chi connectivity index (χ1n) is 9.88. The van der Waals surface area contributed by atoms with Crippen LogP contribution in [0.15, 0.2) is 58.2 Å². The molecule has 0 aliphatic heterocycles. The minimum absolute atomic E-state index is 0.0628. The molecule has 0 saturated carbocycles. The maximum Gasteiger partial charge on any atom is 0.416 e. The number of ether oxygens (including phenoxy) is 1. The van der Waals surface area contributed by atoms with E-state index in [-0.39, 0.29) is 22.5 Å². The topological polar surface area (TPSA) is 105 Å². The third-order valence-electron chi connectivity index (χ3n) is 4.61. The summed E-state index contributed by atoms with van der Waals surface area (Å²) in [4.78, 5) is 4.24. The highest BCUT2D eigenvalue weighted by atomic mass is 32.2. The number of aromatic nitrogens is 5. The lowest BCUT2D eigenvalue weighted by Gasteiger charge is -2.07. The van der Waals surface area contributed by atoms with Crippen LogP contribution in [-0.2, 0) is 6.18 Å². The van der Waals surface area contributed by atoms with Gasteiger partial charge in [-0.3, -0.25) is 0 Å². The number of benzene rings is 2. The Labute approximate surface area is 190 Å². The van der Waals surface area contributed by atoms with E-state index in [4.69, 9.17) is 15.1 Å². The van der Waals surface area contributed by atoms with Crippen molar-refractivity contribution < 1.29 is 22.4 Å². The number of hydrogen-bond acceptors (Lipinski definition) is 8. The average molecular weight is 476 g/mol. The molecular weight excluding hydrogens is 457 g/mol. The molecule has 172 valence electrons. The average Bonchev–Trinajstić information content (AvgIpc) is 3.42. The van der Waals surface area contributed by atoms with Crippen LogP contribution in [-0.4, -0.2) is 31.6 Å². The first-order valence-corrected chi connectivity index (χ1v) is 10.8. The van der Waals surface area contributed by atoms with Gasteiger partial charge >= 0.3 is 6.18 Å². The Morgan fingerprint density at radius 3 is 2.58 bits per heavy atom. The second-order valence-corrected chi connectivity index (χ2v) is 8.24.